The summed E-state index contributed by atoms with van der Waals surface area (Å²) in [6.45, 7) is 1.89. The van der Waals surface area contributed by atoms with Crippen molar-refractivity contribution in [3.05, 3.63) is 0 Å². The Morgan fingerprint density at radius 2 is 2.09 bits per heavy atom. The van der Waals surface area contributed by atoms with Gasteiger partial charge in [-0.2, -0.15) is 0 Å². The van der Waals surface area contributed by atoms with Gasteiger partial charge in [0.25, 0.3) is 0 Å². The summed E-state index contributed by atoms with van der Waals surface area (Å²) < 4.78 is 10.6. The Kier molecular flexibility index (Phi) is 2.48. The largest absolute Gasteiger partial charge is 0.403 e. The molecule has 0 spiro atoms. The van der Waals surface area contributed by atoms with Crippen molar-refractivity contribution in [2.75, 3.05) is 19.6 Å². The lowest BCUT2D eigenvalue weighted by Crippen LogP contribution is -2.41. The van der Waals surface area contributed by atoms with E-state index in [9.17, 15) is 0 Å². The van der Waals surface area contributed by atoms with Crippen molar-refractivity contribution in [1.29, 1.82) is 0 Å². The summed E-state index contributed by atoms with van der Waals surface area (Å²) >= 11 is 0. The highest BCUT2D eigenvalue weighted by Crippen LogP contribution is 2.14. The van der Waals surface area contributed by atoms with E-state index in [1.807, 2.05) is 7.28 Å². The summed E-state index contributed by atoms with van der Waals surface area (Å²) in [5, 5.41) is 0. The SMILES string of the molecule is [B]1COC(B2CCOO2)OC1. The molecule has 2 rings (SSSR count). The highest BCUT2D eigenvalue weighted by atomic mass is 17.2. The molecule has 0 N–H and O–H groups in total. The zero-order chi connectivity index (χ0) is 7.52. The molecular formula is C5H9B2O4. The minimum Gasteiger partial charge on any atom is -0.366 e. The minimum absolute atomic E-state index is 0.0382. The fourth-order valence-electron chi connectivity index (χ4n) is 1.17. The van der Waals surface area contributed by atoms with Gasteiger partial charge in [0, 0.05) is 13.0 Å². The molecule has 0 aromatic heterocycles. The Balaban J connectivity index is 1.82. The third-order valence-electron chi connectivity index (χ3n) is 1.74. The number of rotatable bonds is 1. The molecule has 2 aliphatic heterocycles. The molecule has 0 amide bonds. The monoisotopic (exact) mass is 155 g/mol. The quantitative estimate of drug-likeness (QED) is 0.376. The zero-order valence-corrected chi connectivity index (χ0v) is 6.19. The van der Waals surface area contributed by atoms with Gasteiger partial charge in [0.1, 0.15) is 0 Å². The number of hydrogen-bond donors (Lipinski definition) is 0. The van der Waals surface area contributed by atoms with Crippen LogP contribution in [0.2, 0.25) is 6.32 Å². The van der Waals surface area contributed by atoms with Crippen molar-refractivity contribution < 1.29 is 19.2 Å². The minimum atomic E-state index is -0.234. The molecule has 0 atom stereocenters. The first-order valence-electron chi connectivity index (χ1n) is 3.80. The summed E-state index contributed by atoms with van der Waals surface area (Å²) in [7, 11) is 1.94. The Labute approximate surface area is 66.4 Å². The van der Waals surface area contributed by atoms with E-state index in [0.29, 0.717) is 19.6 Å². The van der Waals surface area contributed by atoms with Gasteiger partial charge in [0.05, 0.1) is 6.61 Å². The fraction of sp³-hybridized carbons (Fsp3) is 1.00. The maximum atomic E-state index is 5.28. The van der Waals surface area contributed by atoms with Gasteiger partial charge < -0.3 is 9.47 Å². The van der Waals surface area contributed by atoms with E-state index in [1.54, 1.807) is 0 Å². The molecule has 2 aliphatic rings. The molecule has 0 aliphatic carbocycles. The van der Waals surface area contributed by atoms with Gasteiger partial charge in [-0.15, -0.1) is 0 Å². The van der Waals surface area contributed by atoms with Crippen LogP contribution in [-0.4, -0.2) is 40.0 Å². The summed E-state index contributed by atoms with van der Waals surface area (Å²) in [4.78, 5) is 9.67. The molecule has 11 heavy (non-hydrogen) atoms. The molecule has 0 unspecified atom stereocenters. The van der Waals surface area contributed by atoms with Crippen LogP contribution in [0.4, 0.5) is 0 Å². The normalized spacial score (nSPS) is 27.1. The first-order chi connectivity index (χ1) is 5.47. The predicted octanol–water partition coefficient (Wildman–Crippen LogP) is -0.529. The van der Waals surface area contributed by atoms with E-state index in [1.165, 1.54) is 0 Å². The van der Waals surface area contributed by atoms with Crippen molar-refractivity contribution in [2.45, 2.75) is 12.5 Å². The molecular weight excluding hydrogens is 146 g/mol. The summed E-state index contributed by atoms with van der Waals surface area (Å²) in [5.41, 5.74) is 0. The molecule has 2 fully saturated rings. The maximum Gasteiger partial charge on any atom is 0.403 e. The Bertz CT molecular complexity index is 122. The molecule has 2 heterocycles. The van der Waals surface area contributed by atoms with E-state index in [2.05, 4.69) is 0 Å². The van der Waals surface area contributed by atoms with E-state index in [-0.39, 0.29) is 13.1 Å². The van der Waals surface area contributed by atoms with Crippen LogP contribution in [0.25, 0.3) is 0 Å². The molecule has 1 radical (unpaired) electrons. The number of ether oxygens (including phenoxy) is 2. The fourth-order valence-corrected chi connectivity index (χ4v) is 1.17. The van der Waals surface area contributed by atoms with Gasteiger partial charge in [0.2, 0.25) is 0 Å². The van der Waals surface area contributed by atoms with Gasteiger partial charge in [-0.05, 0) is 6.32 Å². The zero-order valence-electron chi connectivity index (χ0n) is 6.19. The molecule has 0 bridgehead atoms. The topological polar surface area (TPSA) is 36.9 Å². The van der Waals surface area contributed by atoms with Crippen LogP contribution in [0.5, 0.6) is 0 Å². The van der Waals surface area contributed by atoms with Gasteiger partial charge in [0.15, 0.2) is 13.5 Å². The molecule has 2 saturated heterocycles. The van der Waals surface area contributed by atoms with Crippen LogP contribution in [-0.2, 0) is 19.2 Å². The van der Waals surface area contributed by atoms with Crippen LogP contribution >= 0.6 is 0 Å². The average molecular weight is 155 g/mol. The first-order valence-corrected chi connectivity index (χ1v) is 3.80. The molecule has 6 heteroatoms. The van der Waals surface area contributed by atoms with Gasteiger partial charge in [-0.1, -0.05) is 0 Å². The van der Waals surface area contributed by atoms with Crippen LogP contribution in [0.3, 0.4) is 0 Å². The van der Waals surface area contributed by atoms with E-state index >= 15 is 0 Å². The van der Waals surface area contributed by atoms with Crippen LogP contribution in [0, 0.1) is 0 Å². The summed E-state index contributed by atoms with van der Waals surface area (Å²) in [5.74, 6) is 0. The summed E-state index contributed by atoms with van der Waals surface area (Å²) in [6.07, 6.45) is 0.618. The second kappa shape index (κ2) is 3.58. The lowest BCUT2D eigenvalue weighted by atomic mass is 9.64. The van der Waals surface area contributed by atoms with Crippen LogP contribution in [0.1, 0.15) is 0 Å². The molecule has 0 aromatic carbocycles. The molecule has 0 saturated carbocycles. The Morgan fingerprint density at radius 1 is 1.27 bits per heavy atom. The van der Waals surface area contributed by atoms with Crippen molar-refractivity contribution in [3.63, 3.8) is 0 Å². The second-order valence-electron chi connectivity index (χ2n) is 2.57. The first kappa shape index (κ1) is 7.61. The van der Waals surface area contributed by atoms with E-state index < -0.39 is 0 Å². The van der Waals surface area contributed by atoms with Crippen molar-refractivity contribution >= 4 is 14.2 Å². The van der Waals surface area contributed by atoms with Crippen molar-refractivity contribution in [1.82, 2.24) is 0 Å². The van der Waals surface area contributed by atoms with Crippen LogP contribution in [0.15, 0.2) is 0 Å². The third kappa shape index (κ3) is 1.76. The highest BCUT2D eigenvalue weighted by molar-refractivity contribution is 6.53. The number of hydrogen-bond acceptors (Lipinski definition) is 4. The smallest absolute Gasteiger partial charge is 0.366 e. The van der Waals surface area contributed by atoms with E-state index in [4.69, 9.17) is 19.2 Å². The van der Waals surface area contributed by atoms with Gasteiger partial charge in [-0.3, -0.25) is 9.69 Å². The lowest BCUT2D eigenvalue weighted by Gasteiger charge is -2.23. The van der Waals surface area contributed by atoms with Gasteiger partial charge >= 0.3 is 6.92 Å². The predicted molar refractivity (Wildman–Crippen MR) is 39.0 cm³/mol. The van der Waals surface area contributed by atoms with Gasteiger partial charge in [-0.25, -0.2) is 0 Å². The second-order valence-corrected chi connectivity index (χ2v) is 2.57. The van der Waals surface area contributed by atoms with Crippen molar-refractivity contribution in [2.24, 2.45) is 0 Å². The third-order valence-corrected chi connectivity index (χ3v) is 1.74. The standard InChI is InChI=1S/C5H9B2O4/c1-2-10-11-7(1)5-8-3-6-4-9-5/h5H,1-4H2. The highest BCUT2D eigenvalue weighted by Gasteiger charge is 2.36. The van der Waals surface area contributed by atoms with E-state index in [0.717, 1.165) is 6.32 Å². The lowest BCUT2D eigenvalue weighted by molar-refractivity contribution is -0.199. The molecule has 59 valence electrons. The van der Waals surface area contributed by atoms with Crippen molar-refractivity contribution in [3.8, 4) is 0 Å². The Morgan fingerprint density at radius 3 is 2.73 bits per heavy atom. The maximum absolute atomic E-state index is 5.28. The molecule has 4 nitrogen and oxygen atoms in total. The average Bonchev–Trinajstić information content (AvgIpc) is 2.58. The Hall–Kier alpha value is -0.0301. The van der Waals surface area contributed by atoms with Crippen LogP contribution < -0.4 is 0 Å². The summed E-state index contributed by atoms with van der Waals surface area (Å²) in [6, 6.07) is 0. The molecule has 0 aromatic rings.